The van der Waals surface area contributed by atoms with Crippen molar-refractivity contribution in [1.82, 2.24) is 9.80 Å². The summed E-state index contributed by atoms with van der Waals surface area (Å²) in [7, 11) is 2.20. The van der Waals surface area contributed by atoms with Crippen molar-refractivity contribution in [2.45, 2.75) is 40.7 Å². The van der Waals surface area contributed by atoms with Crippen LogP contribution in [-0.2, 0) is 6.54 Å². The molecular weight excluding hydrogens is 232 g/mol. The summed E-state index contributed by atoms with van der Waals surface area (Å²) >= 11 is 0. The summed E-state index contributed by atoms with van der Waals surface area (Å²) < 4.78 is 0. The first-order valence-corrected chi connectivity index (χ1v) is 7.53. The fourth-order valence-electron chi connectivity index (χ4n) is 2.17. The summed E-state index contributed by atoms with van der Waals surface area (Å²) in [5, 5.41) is 0. The second kappa shape index (κ2) is 8.34. The Morgan fingerprint density at radius 3 is 2.05 bits per heavy atom. The van der Waals surface area contributed by atoms with Crippen molar-refractivity contribution in [2.75, 3.05) is 33.2 Å². The second-order valence-electron chi connectivity index (χ2n) is 5.71. The van der Waals surface area contributed by atoms with Crippen LogP contribution < -0.4 is 0 Å². The third-order valence-corrected chi connectivity index (χ3v) is 3.57. The standard InChI is InChI=1S/C14H22N2.C3H8/c1-12-4-5-14(10-13(12)2)11-16-8-6-15(3)7-9-16;1-3-2/h4-5,10H,6-9,11H2,1-3H3;3H2,1-2H3. The molecule has 2 rings (SSSR count). The predicted octanol–water partition coefficient (Wildman–Crippen LogP) is 3.47. The molecule has 0 N–H and O–H groups in total. The lowest BCUT2D eigenvalue weighted by atomic mass is 10.1. The van der Waals surface area contributed by atoms with E-state index in [0.717, 1.165) is 6.54 Å². The molecule has 1 aliphatic heterocycles. The largest absolute Gasteiger partial charge is 0.304 e. The van der Waals surface area contributed by atoms with E-state index in [9.17, 15) is 0 Å². The van der Waals surface area contributed by atoms with Gasteiger partial charge in [-0.15, -0.1) is 0 Å². The second-order valence-corrected chi connectivity index (χ2v) is 5.71. The van der Waals surface area contributed by atoms with Crippen LogP contribution >= 0.6 is 0 Å². The molecule has 2 heteroatoms. The van der Waals surface area contributed by atoms with Crippen molar-refractivity contribution in [3.8, 4) is 0 Å². The van der Waals surface area contributed by atoms with E-state index in [0.29, 0.717) is 0 Å². The summed E-state index contributed by atoms with van der Waals surface area (Å²) in [6, 6.07) is 6.83. The van der Waals surface area contributed by atoms with Crippen LogP contribution in [0.2, 0.25) is 0 Å². The molecule has 0 atom stereocenters. The average molecular weight is 262 g/mol. The molecule has 108 valence electrons. The first-order chi connectivity index (χ1) is 9.06. The predicted molar refractivity (Wildman–Crippen MR) is 84.7 cm³/mol. The van der Waals surface area contributed by atoms with Gasteiger partial charge in [-0.25, -0.2) is 0 Å². The summed E-state index contributed by atoms with van der Waals surface area (Å²) in [4.78, 5) is 4.95. The Balaban J connectivity index is 0.000000550. The summed E-state index contributed by atoms with van der Waals surface area (Å²) in [6.07, 6.45) is 1.25. The highest BCUT2D eigenvalue weighted by molar-refractivity contribution is 5.29. The van der Waals surface area contributed by atoms with Gasteiger partial charge in [0.05, 0.1) is 0 Å². The van der Waals surface area contributed by atoms with Crippen LogP contribution in [0.5, 0.6) is 0 Å². The van der Waals surface area contributed by atoms with E-state index in [4.69, 9.17) is 0 Å². The van der Waals surface area contributed by atoms with Crippen LogP contribution in [-0.4, -0.2) is 43.0 Å². The number of benzene rings is 1. The molecule has 0 aromatic heterocycles. The van der Waals surface area contributed by atoms with E-state index < -0.39 is 0 Å². The molecule has 0 saturated carbocycles. The molecule has 0 radical (unpaired) electrons. The number of nitrogens with zero attached hydrogens (tertiary/aromatic N) is 2. The van der Waals surface area contributed by atoms with Gasteiger partial charge in [-0.1, -0.05) is 38.5 Å². The quantitative estimate of drug-likeness (QED) is 0.805. The lowest BCUT2D eigenvalue weighted by Gasteiger charge is -2.32. The number of likely N-dealkylation sites (N-methyl/N-ethyl adjacent to an activating group) is 1. The number of aryl methyl sites for hydroxylation is 2. The van der Waals surface area contributed by atoms with E-state index >= 15 is 0 Å². The Morgan fingerprint density at radius 1 is 0.947 bits per heavy atom. The molecule has 0 aliphatic carbocycles. The third-order valence-electron chi connectivity index (χ3n) is 3.57. The highest BCUT2D eigenvalue weighted by atomic mass is 15.2. The minimum Gasteiger partial charge on any atom is -0.304 e. The van der Waals surface area contributed by atoms with Crippen molar-refractivity contribution in [3.05, 3.63) is 34.9 Å². The van der Waals surface area contributed by atoms with Crippen molar-refractivity contribution in [1.29, 1.82) is 0 Å². The molecule has 0 amide bonds. The first-order valence-electron chi connectivity index (χ1n) is 7.53. The van der Waals surface area contributed by atoms with E-state index in [-0.39, 0.29) is 0 Å². The van der Waals surface area contributed by atoms with Crippen molar-refractivity contribution < 1.29 is 0 Å². The zero-order valence-electron chi connectivity index (χ0n) is 13.4. The number of piperazine rings is 1. The van der Waals surface area contributed by atoms with E-state index in [2.05, 4.69) is 62.7 Å². The molecule has 0 bridgehead atoms. The molecule has 0 spiro atoms. The minimum absolute atomic E-state index is 1.11. The van der Waals surface area contributed by atoms with Gasteiger partial charge >= 0.3 is 0 Å². The molecule has 2 nitrogen and oxygen atoms in total. The summed E-state index contributed by atoms with van der Waals surface area (Å²) in [6.45, 7) is 14.5. The normalized spacial score (nSPS) is 16.9. The van der Waals surface area contributed by atoms with Crippen LogP contribution in [0.4, 0.5) is 0 Å². The van der Waals surface area contributed by atoms with Crippen LogP contribution in [0.1, 0.15) is 37.0 Å². The lowest BCUT2D eigenvalue weighted by Crippen LogP contribution is -2.43. The maximum Gasteiger partial charge on any atom is 0.0234 e. The fourth-order valence-corrected chi connectivity index (χ4v) is 2.17. The summed E-state index contributed by atoms with van der Waals surface area (Å²) in [5.41, 5.74) is 4.25. The van der Waals surface area contributed by atoms with Crippen molar-refractivity contribution in [3.63, 3.8) is 0 Å². The Labute approximate surface area is 119 Å². The molecular formula is C17H30N2. The zero-order chi connectivity index (χ0) is 14.3. The SMILES string of the molecule is CCC.Cc1ccc(CN2CCN(C)CC2)cc1C. The molecule has 1 heterocycles. The van der Waals surface area contributed by atoms with Gasteiger partial charge in [-0.05, 0) is 37.6 Å². The van der Waals surface area contributed by atoms with Gasteiger partial charge in [0.25, 0.3) is 0 Å². The molecule has 1 aliphatic rings. The molecule has 1 aromatic carbocycles. The first kappa shape index (κ1) is 16.2. The minimum atomic E-state index is 1.11. The maximum absolute atomic E-state index is 2.55. The lowest BCUT2D eigenvalue weighted by molar-refractivity contribution is 0.148. The topological polar surface area (TPSA) is 6.48 Å². The Bertz CT molecular complexity index is 366. The van der Waals surface area contributed by atoms with Gasteiger partial charge < -0.3 is 4.90 Å². The Hall–Kier alpha value is -0.860. The zero-order valence-corrected chi connectivity index (χ0v) is 13.4. The molecule has 1 fully saturated rings. The van der Waals surface area contributed by atoms with Gasteiger partial charge in [0, 0.05) is 32.7 Å². The number of rotatable bonds is 2. The van der Waals surface area contributed by atoms with E-state index in [1.807, 2.05) is 0 Å². The summed E-state index contributed by atoms with van der Waals surface area (Å²) in [5.74, 6) is 0. The van der Waals surface area contributed by atoms with Gasteiger partial charge in [0.2, 0.25) is 0 Å². The monoisotopic (exact) mass is 262 g/mol. The Morgan fingerprint density at radius 2 is 1.53 bits per heavy atom. The van der Waals surface area contributed by atoms with Crippen molar-refractivity contribution >= 4 is 0 Å². The van der Waals surface area contributed by atoms with Crippen LogP contribution in [0.3, 0.4) is 0 Å². The molecule has 19 heavy (non-hydrogen) atoms. The average Bonchev–Trinajstić information content (AvgIpc) is 2.38. The highest BCUT2D eigenvalue weighted by Gasteiger charge is 2.13. The van der Waals surface area contributed by atoms with E-state index in [1.165, 1.54) is 49.3 Å². The van der Waals surface area contributed by atoms with Gasteiger partial charge in [0.1, 0.15) is 0 Å². The third kappa shape index (κ3) is 5.75. The maximum atomic E-state index is 2.55. The van der Waals surface area contributed by atoms with Crippen LogP contribution in [0.15, 0.2) is 18.2 Å². The molecule has 1 aromatic rings. The van der Waals surface area contributed by atoms with E-state index in [1.54, 1.807) is 0 Å². The molecule has 0 unspecified atom stereocenters. The van der Waals surface area contributed by atoms with Gasteiger partial charge in [-0.2, -0.15) is 0 Å². The molecule has 1 saturated heterocycles. The number of hydrogen-bond donors (Lipinski definition) is 0. The van der Waals surface area contributed by atoms with Crippen LogP contribution in [0, 0.1) is 13.8 Å². The van der Waals surface area contributed by atoms with Gasteiger partial charge in [-0.3, -0.25) is 4.90 Å². The Kier molecular flexibility index (Phi) is 7.11. The highest BCUT2D eigenvalue weighted by Crippen LogP contribution is 2.12. The number of hydrogen-bond acceptors (Lipinski definition) is 2. The fraction of sp³-hybridized carbons (Fsp3) is 0.647. The van der Waals surface area contributed by atoms with Crippen molar-refractivity contribution in [2.24, 2.45) is 0 Å². The smallest absolute Gasteiger partial charge is 0.0234 e. The van der Waals surface area contributed by atoms with Gasteiger partial charge in [0.15, 0.2) is 0 Å². The van der Waals surface area contributed by atoms with Crippen LogP contribution in [0.25, 0.3) is 0 Å².